The first-order valence-electron chi connectivity index (χ1n) is 6.78. The van der Waals surface area contributed by atoms with E-state index in [9.17, 15) is 5.11 Å². The third kappa shape index (κ3) is 3.75. The van der Waals surface area contributed by atoms with Crippen LogP contribution >= 0.6 is 11.6 Å². The minimum atomic E-state index is -0.486. The van der Waals surface area contributed by atoms with Gasteiger partial charge in [0, 0.05) is 24.3 Å². The van der Waals surface area contributed by atoms with Crippen LogP contribution in [0.5, 0.6) is 0 Å². The van der Waals surface area contributed by atoms with E-state index in [4.69, 9.17) is 11.6 Å². The molecular weight excluding hydrogens is 270 g/mol. The molecule has 0 spiro atoms. The molecule has 1 unspecified atom stereocenters. The van der Waals surface area contributed by atoms with Gasteiger partial charge < -0.3 is 10.0 Å². The molecular formula is C17H20ClNO. The number of hydrogen-bond acceptors (Lipinski definition) is 2. The maximum Gasteiger partial charge on any atom is 0.0807 e. The number of nitrogens with zero attached hydrogens (tertiary/aromatic N) is 1. The minimum absolute atomic E-state index is 0.486. The zero-order valence-corrected chi connectivity index (χ0v) is 12.6. The minimum Gasteiger partial charge on any atom is -0.388 e. The van der Waals surface area contributed by atoms with Gasteiger partial charge in [-0.25, -0.2) is 0 Å². The van der Waals surface area contributed by atoms with Gasteiger partial charge in [0.25, 0.3) is 0 Å². The maximum absolute atomic E-state index is 10.2. The van der Waals surface area contributed by atoms with Crippen LogP contribution in [0.15, 0.2) is 48.5 Å². The highest BCUT2D eigenvalue weighted by Crippen LogP contribution is 2.23. The van der Waals surface area contributed by atoms with Crippen LogP contribution in [-0.4, -0.2) is 18.7 Å². The van der Waals surface area contributed by atoms with Crippen LogP contribution in [-0.2, 0) is 0 Å². The third-order valence-electron chi connectivity index (χ3n) is 3.50. The quantitative estimate of drug-likeness (QED) is 0.891. The van der Waals surface area contributed by atoms with E-state index < -0.39 is 6.10 Å². The highest BCUT2D eigenvalue weighted by molar-refractivity contribution is 6.30. The Bertz CT molecular complexity index is 570. The van der Waals surface area contributed by atoms with Gasteiger partial charge >= 0.3 is 0 Å². The van der Waals surface area contributed by atoms with Gasteiger partial charge in [0.2, 0.25) is 0 Å². The molecule has 0 radical (unpaired) electrons. The first-order valence-corrected chi connectivity index (χ1v) is 7.16. The van der Waals surface area contributed by atoms with E-state index in [1.54, 1.807) is 0 Å². The van der Waals surface area contributed by atoms with Crippen LogP contribution in [0.25, 0.3) is 0 Å². The van der Waals surface area contributed by atoms with E-state index in [1.807, 2.05) is 43.4 Å². The Kier molecular flexibility index (Phi) is 5.05. The summed E-state index contributed by atoms with van der Waals surface area (Å²) in [6, 6.07) is 15.7. The Labute approximate surface area is 125 Å². The monoisotopic (exact) mass is 289 g/mol. The Balaban J connectivity index is 1.97. The molecule has 2 nitrogen and oxygen atoms in total. The van der Waals surface area contributed by atoms with Crippen molar-refractivity contribution < 1.29 is 5.11 Å². The van der Waals surface area contributed by atoms with Gasteiger partial charge in [-0.1, -0.05) is 41.9 Å². The first kappa shape index (κ1) is 14.9. The average molecular weight is 290 g/mol. The Morgan fingerprint density at radius 2 is 1.90 bits per heavy atom. The number of benzene rings is 2. The molecule has 1 N–H and O–H groups in total. The fourth-order valence-corrected chi connectivity index (χ4v) is 2.51. The molecule has 0 heterocycles. The van der Waals surface area contributed by atoms with E-state index in [0.29, 0.717) is 11.4 Å². The molecule has 106 valence electrons. The fourth-order valence-electron chi connectivity index (χ4n) is 2.31. The maximum atomic E-state index is 10.2. The molecule has 0 aromatic heterocycles. The average Bonchev–Trinajstić information content (AvgIpc) is 2.45. The Morgan fingerprint density at radius 3 is 2.60 bits per heavy atom. The molecule has 0 saturated carbocycles. The normalized spacial score (nSPS) is 12.2. The van der Waals surface area contributed by atoms with Crippen molar-refractivity contribution in [2.75, 3.05) is 18.5 Å². The van der Waals surface area contributed by atoms with Crippen molar-refractivity contribution in [3.63, 3.8) is 0 Å². The number of halogens is 1. The fraction of sp³-hybridized carbons (Fsp3) is 0.294. The molecule has 0 aliphatic rings. The van der Waals surface area contributed by atoms with Crippen molar-refractivity contribution in [2.45, 2.75) is 19.4 Å². The summed E-state index contributed by atoms with van der Waals surface area (Å²) in [4.78, 5) is 2.17. The number of para-hydroxylation sites is 1. The van der Waals surface area contributed by atoms with Gasteiger partial charge in [-0.05, 0) is 42.7 Å². The van der Waals surface area contributed by atoms with Crippen molar-refractivity contribution in [1.82, 2.24) is 0 Å². The van der Waals surface area contributed by atoms with E-state index in [-0.39, 0.29) is 0 Å². The van der Waals surface area contributed by atoms with Crippen LogP contribution in [0.3, 0.4) is 0 Å². The molecule has 0 bridgehead atoms. The summed E-state index contributed by atoms with van der Waals surface area (Å²) in [7, 11) is 2.05. The summed E-state index contributed by atoms with van der Waals surface area (Å²) in [6.45, 7) is 2.89. The molecule has 2 rings (SSSR count). The standard InChI is InChI=1S/C17H20ClNO/c1-13-6-3-4-9-16(13)19(2)11-10-17(20)14-7-5-8-15(18)12-14/h3-9,12,17,20H,10-11H2,1-2H3. The van der Waals surface area contributed by atoms with Gasteiger partial charge in [-0.2, -0.15) is 0 Å². The zero-order valence-electron chi connectivity index (χ0n) is 11.9. The van der Waals surface area contributed by atoms with Gasteiger partial charge in [-0.15, -0.1) is 0 Å². The van der Waals surface area contributed by atoms with E-state index in [0.717, 1.165) is 12.1 Å². The highest BCUT2D eigenvalue weighted by atomic mass is 35.5. The number of anilines is 1. The molecule has 3 heteroatoms. The van der Waals surface area contributed by atoms with Crippen LogP contribution in [0.2, 0.25) is 5.02 Å². The molecule has 2 aromatic rings. The lowest BCUT2D eigenvalue weighted by atomic mass is 10.1. The van der Waals surface area contributed by atoms with Gasteiger partial charge in [-0.3, -0.25) is 0 Å². The Morgan fingerprint density at radius 1 is 1.15 bits per heavy atom. The molecule has 20 heavy (non-hydrogen) atoms. The van der Waals surface area contributed by atoms with Crippen molar-refractivity contribution in [2.24, 2.45) is 0 Å². The lowest BCUT2D eigenvalue weighted by Gasteiger charge is -2.23. The summed E-state index contributed by atoms with van der Waals surface area (Å²) >= 11 is 5.95. The molecule has 0 aliphatic heterocycles. The van der Waals surface area contributed by atoms with Crippen LogP contribution in [0.4, 0.5) is 5.69 Å². The van der Waals surface area contributed by atoms with Crippen molar-refractivity contribution in [3.8, 4) is 0 Å². The van der Waals surface area contributed by atoms with Gasteiger partial charge in [0.1, 0.15) is 0 Å². The smallest absolute Gasteiger partial charge is 0.0807 e. The number of hydrogen-bond donors (Lipinski definition) is 1. The van der Waals surface area contributed by atoms with Gasteiger partial charge in [0.15, 0.2) is 0 Å². The first-order chi connectivity index (χ1) is 9.58. The SMILES string of the molecule is Cc1ccccc1N(C)CCC(O)c1cccc(Cl)c1. The van der Waals surface area contributed by atoms with E-state index in [1.165, 1.54) is 11.3 Å². The van der Waals surface area contributed by atoms with Crippen LogP contribution in [0.1, 0.15) is 23.7 Å². The highest BCUT2D eigenvalue weighted by Gasteiger charge is 2.10. The van der Waals surface area contributed by atoms with Crippen molar-refractivity contribution in [1.29, 1.82) is 0 Å². The number of rotatable bonds is 5. The number of aliphatic hydroxyl groups excluding tert-OH is 1. The largest absolute Gasteiger partial charge is 0.388 e. The summed E-state index contributed by atoms with van der Waals surface area (Å²) < 4.78 is 0. The second kappa shape index (κ2) is 6.78. The molecule has 1 atom stereocenters. The Hall–Kier alpha value is -1.51. The number of aryl methyl sites for hydroxylation is 1. The molecule has 0 fully saturated rings. The molecule has 0 aliphatic carbocycles. The summed E-state index contributed by atoms with van der Waals surface area (Å²) in [5, 5.41) is 10.9. The summed E-state index contributed by atoms with van der Waals surface area (Å²) in [6.07, 6.45) is 0.186. The lowest BCUT2D eigenvalue weighted by Crippen LogP contribution is -2.21. The second-order valence-corrected chi connectivity index (χ2v) is 5.50. The van der Waals surface area contributed by atoms with Gasteiger partial charge in [0.05, 0.1) is 6.10 Å². The second-order valence-electron chi connectivity index (χ2n) is 5.07. The predicted molar refractivity (Wildman–Crippen MR) is 85.5 cm³/mol. The molecule has 2 aromatic carbocycles. The van der Waals surface area contributed by atoms with Crippen molar-refractivity contribution >= 4 is 17.3 Å². The predicted octanol–water partition coefficient (Wildman–Crippen LogP) is 4.21. The topological polar surface area (TPSA) is 23.5 Å². The lowest BCUT2D eigenvalue weighted by molar-refractivity contribution is 0.170. The summed E-state index contributed by atoms with van der Waals surface area (Å²) in [5.74, 6) is 0. The zero-order chi connectivity index (χ0) is 14.5. The third-order valence-corrected chi connectivity index (χ3v) is 3.73. The molecule has 0 amide bonds. The number of aliphatic hydroxyl groups is 1. The van der Waals surface area contributed by atoms with E-state index >= 15 is 0 Å². The summed E-state index contributed by atoms with van der Waals surface area (Å²) in [5.41, 5.74) is 3.31. The van der Waals surface area contributed by atoms with Crippen molar-refractivity contribution in [3.05, 3.63) is 64.7 Å². The van der Waals surface area contributed by atoms with Crippen LogP contribution < -0.4 is 4.90 Å². The van der Waals surface area contributed by atoms with E-state index in [2.05, 4.69) is 24.0 Å². The van der Waals surface area contributed by atoms with Crippen LogP contribution in [0, 0.1) is 6.92 Å². The molecule has 0 saturated heterocycles.